The Labute approximate surface area is 128 Å². The molecule has 3 aromatic rings. The lowest BCUT2D eigenvalue weighted by Crippen LogP contribution is -2.15. The molecule has 2 aromatic heterocycles. The van der Waals surface area contributed by atoms with E-state index in [9.17, 15) is 4.79 Å². The number of methoxy groups -OCH3 is 1. The molecule has 0 bridgehead atoms. The summed E-state index contributed by atoms with van der Waals surface area (Å²) < 4.78 is 6.95. The lowest BCUT2D eigenvalue weighted by atomic mass is 10.1. The number of aromatic amines is 1. The van der Waals surface area contributed by atoms with Gasteiger partial charge in [0.05, 0.1) is 12.7 Å². The number of para-hydroxylation sites is 1. The number of rotatable bonds is 4. The molecule has 0 fully saturated rings. The molecule has 0 radical (unpaired) electrons. The molecule has 2 heterocycles. The Hall–Kier alpha value is -2.56. The van der Waals surface area contributed by atoms with Crippen LogP contribution in [0.3, 0.4) is 0 Å². The summed E-state index contributed by atoms with van der Waals surface area (Å²) in [6.07, 6.45) is 1.75. The maximum Gasteiger partial charge on any atom is 0.272 e. The highest BCUT2D eigenvalue weighted by atomic mass is 16.5. The molecule has 0 saturated carbocycles. The van der Waals surface area contributed by atoms with Gasteiger partial charge in [0.1, 0.15) is 5.75 Å². The molecule has 0 amide bonds. The van der Waals surface area contributed by atoms with Gasteiger partial charge in [0.15, 0.2) is 5.65 Å². The van der Waals surface area contributed by atoms with E-state index in [4.69, 9.17) is 4.74 Å². The molecule has 0 aliphatic carbocycles. The second-order valence-electron chi connectivity index (χ2n) is 5.31. The van der Waals surface area contributed by atoms with Gasteiger partial charge in [0.25, 0.3) is 5.56 Å². The van der Waals surface area contributed by atoms with Crippen molar-refractivity contribution in [1.82, 2.24) is 14.6 Å². The van der Waals surface area contributed by atoms with Crippen molar-refractivity contribution in [3.63, 3.8) is 0 Å². The molecule has 0 unspecified atom stereocenters. The number of benzene rings is 1. The highest BCUT2D eigenvalue weighted by molar-refractivity contribution is 5.83. The molecule has 1 aromatic carbocycles. The van der Waals surface area contributed by atoms with Gasteiger partial charge >= 0.3 is 0 Å². The minimum absolute atomic E-state index is 0.0855. The van der Waals surface area contributed by atoms with E-state index in [1.807, 2.05) is 31.2 Å². The average molecular weight is 297 g/mol. The first-order valence-electron chi connectivity index (χ1n) is 7.40. The number of aromatic nitrogens is 3. The van der Waals surface area contributed by atoms with Crippen LogP contribution in [0.25, 0.3) is 16.8 Å². The standard InChI is InChI=1S/C17H19N3O2/c1-4-7-12-10-15(21)20-17(18-12)16(11(2)19-20)13-8-5-6-9-14(13)22-3/h5-6,8-10,19H,4,7H2,1-3H3. The molecular formula is C17H19N3O2. The lowest BCUT2D eigenvalue weighted by molar-refractivity contribution is 0.416. The normalized spacial score (nSPS) is 11.0. The molecule has 5 nitrogen and oxygen atoms in total. The van der Waals surface area contributed by atoms with E-state index in [1.54, 1.807) is 13.2 Å². The van der Waals surface area contributed by atoms with E-state index in [-0.39, 0.29) is 5.56 Å². The fraction of sp³-hybridized carbons (Fsp3) is 0.294. The van der Waals surface area contributed by atoms with Gasteiger partial charge in [-0.05, 0) is 19.4 Å². The zero-order valence-corrected chi connectivity index (χ0v) is 13.0. The summed E-state index contributed by atoms with van der Waals surface area (Å²) in [7, 11) is 1.64. The molecule has 0 aliphatic rings. The number of hydrogen-bond acceptors (Lipinski definition) is 3. The highest BCUT2D eigenvalue weighted by Gasteiger charge is 2.17. The van der Waals surface area contributed by atoms with Gasteiger partial charge < -0.3 is 4.74 Å². The summed E-state index contributed by atoms with van der Waals surface area (Å²) in [5.41, 5.74) is 4.12. The molecule has 0 saturated heterocycles. The topological polar surface area (TPSA) is 59.4 Å². The third-order valence-electron chi connectivity index (χ3n) is 3.73. The van der Waals surface area contributed by atoms with Gasteiger partial charge in [0.2, 0.25) is 0 Å². The Bertz CT molecular complexity index is 877. The minimum Gasteiger partial charge on any atom is -0.496 e. The van der Waals surface area contributed by atoms with Gasteiger partial charge in [-0.15, -0.1) is 0 Å². The summed E-state index contributed by atoms with van der Waals surface area (Å²) in [5, 5.41) is 3.10. The van der Waals surface area contributed by atoms with Crippen LogP contribution in [0.15, 0.2) is 35.1 Å². The Morgan fingerprint density at radius 3 is 2.82 bits per heavy atom. The SMILES string of the molecule is CCCc1cc(=O)n2[nH]c(C)c(-c3ccccc3OC)c2n1. The molecule has 0 spiro atoms. The van der Waals surface area contributed by atoms with E-state index in [2.05, 4.69) is 17.0 Å². The molecule has 0 aliphatic heterocycles. The van der Waals surface area contributed by atoms with Gasteiger partial charge in [0, 0.05) is 23.0 Å². The van der Waals surface area contributed by atoms with E-state index < -0.39 is 0 Å². The van der Waals surface area contributed by atoms with Crippen LogP contribution in [0.1, 0.15) is 24.7 Å². The first-order valence-corrected chi connectivity index (χ1v) is 7.40. The summed E-state index contributed by atoms with van der Waals surface area (Å²) >= 11 is 0. The molecule has 0 atom stereocenters. The summed E-state index contributed by atoms with van der Waals surface area (Å²) in [6, 6.07) is 9.36. The first kappa shape index (κ1) is 14.4. The zero-order chi connectivity index (χ0) is 15.7. The molecule has 1 N–H and O–H groups in total. The van der Waals surface area contributed by atoms with E-state index in [0.29, 0.717) is 5.65 Å². The average Bonchev–Trinajstić information content (AvgIpc) is 2.84. The number of hydrogen-bond donors (Lipinski definition) is 1. The predicted octanol–water partition coefficient (Wildman–Crippen LogP) is 2.96. The monoisotopic (exact) mass is 297 g/mol. The third kappa shape index (κ3) is 2.28. The third-order valence-corrected chi connectivity index (χ3v) is 3.73. The summed E-state index contributed by atoms with van der Waals surface area (Å²) in [4.78, 5) is 17.0. The zero-order valence-electron chi connectivity index (χ0n) is 13.0. The van der Waals surface area contributed by atoms with Crippen molar-refractivity contribution in [2.45, 2.75) is 26.7 Å². The van der Waals surface area contributed by atoms with Crippen LogP contribution in [0.2, 0.25) is 0 Å². The summed E-state index contributed by atoms with van der Waals surface area (Å²) in [6.45, 7) is 4.02. The van der Waals surface area contributed by atoms with Crippen LogP contribution in [0.4, 0.5) is 0 Å². The van der Waals surface area contributed by atoms with Crippen LogP contribution >= 0.6 is 0 Å². The van der Waals surface area contributed by atoms with Crippen molar-refractivity contribution in [2.75, 3.05) is 7.11 Å². The van der Waals surface area contributed by atoms with Crippen LogP contribution in [0.5, 0.6) is 5.75 Å². The summed E-state index contributed by atoms with van der Waals surface area (Å²) in [5.74, 6) is 0.766. The minimum atomic E-state index is -0.0855. The van der Waals surface area contributed by atoms with Gasteiger partial charge in [-0.1, -0.05) is 31.5 Å². The fourth-order valence-electron chi connectivity index (χ4n) is 2.75. The van der Waals surface area contributed by atoms with E-state index in [1.165, 1.54) is 4.52 Å². The lowest BCUT2D eigenvalue weighted by Gasteiger charge is -2.08. The highest BCUT2D eigenvalue weighted by Crippen LogP contribution is 2.33. The Kier molecular flexibility index (Phi) is 3.71. The van der Waals surface area contributed by atoms with Crippen molar-refractivity contribution in [1.29, 1.82) is 0 Å². The van der Waals surface area contributed by atoms with Gasteiger partial charge in [-0.3, -0.25) is 9.89 Å². The molecule has 5 heteroatoms. The van der Waals surface area contributed by atoms with Crippen molar-refractivity contribution in [3.8, 4) is 16.9 Å². The maximum absolute atomic E-state index is 12.3. The van der Waals surface area contributed by atoms with Crippen LogP contribution in [-0.2, 0) is 6.42 Å². The Balaban J connectivity index is 2.33. The Morgan fingerprint density at radius 1 is 1.32 bits per heavy atom. The number of aryl methyl sites for hydroxylation is 2. The number of ether oxygens (including phenoxy) is 1. The number of nitrogens with zero attached hydrogens (tertiary/aromatic N) is 2. The second-order valence-corrected chi connectivity index (χ2v) is 5.31. The van der Waals surface area contributed by atoms with Crippen molar-refractivity contribution in [3.05, 3.63) is 52.1 Å². The first-order chi connectivity index (χ1) is 10.7. The largest absolute Gasteiger partial charge is 0.496 e. The fourth-order valence-corrected chi connectivity index (χ4v) is 2.75. The van der Waals surface area contributed by atoms with Gasteiger partial charge in [-0.25, -0.2) is 9.50 Å². The number of nitrogens with one attached hydrogen (secondary N) is 1. The predicted molar refractivity (Wildman–Crippen MR) is 86.5 cm³/mol. The van der Waals surface area contributed by atoms with Crippen LogP contribution in [-0.4, -0.2) is 21.7 Å². The van der Waals surface area contributed by atoms with Crippen LogP contribution in [0, 0.1) is 6.92 Å². The smallest absolute Gasteiger partial charge is 0.272 e. The van der Waals surface area contributed by atoms with Crippen molar-refractivity contribution < 1.29 is 4.74 Å². The van der Waals surface area contributed by atoms with E-state index in [0.717, 1.165) is 41.1 Å². The van der Waals surface area contributed by atoms with Crippen LogP contribution < -0.4 is 10.3 Å². The molecule has 22 heavy (non-hydrogen) atoms. The molecule has 114 valence electrons. The number of H-pyrrole nitrogens is 1. The van der Waals surface area contributed by atoms with Crippen molar-refractivity contribution >= 4 is 5.65 Å². The quantitative estimate of drug-likeness (QED) is 0.805. The second kappa shape index (κ2) is 5.67. The van der Waals surface area contributed by atoms with E-state index >= 15 is 0 Å². The Morgan fingerprint density at radius 2 is 2.09 bits per heavy atom. The maximum atomic E-state index is 12.3. The van der Waals surface area contributed by atoms with Gasteiger partial charge in [-0.2, -0.15) is 0 Å². The molecule has 3 rings (SSSR count). The molecular weight excluding hydrogens is 278 g/mol. The number of fused-ring (bicyclic) bond motifs is 1. The van der Waals surface area contributed by atoms with Crippen molar-refractivity contribution in [2.24, 2.45) is 0 Å².